The summed E-state index contributed by atoms with van der Waals surface area (Å²) in [6.07, 6.45) is 0.877. The molecule has 0 bridgehead atoms. The van der Waals surface area contributed by atoms with Crippen molar-refractivity contribution in [2.75, 3.05) is 6.61 Å². The second-order valence-electron chi connectivity index (χ2n) is 5.99. The summed E-state index contributed by atoms with van der Waals surface area (Å²) in [5.74, 6) is -0.861. The summed E-state index contributed by atoms with van der Waals surface area (Å²) >= 11 is 0. The number of aliphatic carboxylic acids is 1. The molecule has 2 N–H and O–H groups in total. The van der Waals surface area contributed by atoms with Gasteiger partial charge in [0.25, 0.3) is 5.91 Å². The van der Waals surface area contributed by atoms with Crippen LogP contribution in [0.5, 0.6) is 5.75 Å². The van der Waals surface area contributed by atoms with Crippen molar-refractivity contribution in [1.29, 1.82) is 0 Å². The molecule has 0 saturated carbocycles. The maximum Gasteiger partial charge on any atom is 0.326 e. The van der Waals surface area contributed by atoms with Gasteiger partial charge in [-0.25, -0.2) is 4.79 Å². The summed E-state index contributed by atoms with van der Waals surface area (Å²) in [6, 6.07) is 5.78. The summed E-state index contributed by atoms with van der Waals surface area (Å²) < 4.78 is 5.47. The second-order valence-corrected chi connectivity index (χ2v) is 5.99. The molecular formula is C16H23NO4. The van der Waals surface area contributed by atoms with E-state index in [9.17, 15) is 14.7 Å². The number of ether oxygens (including phenoxy) is 1. The molecule has 1 amide bonds. The number of carbonyl (C=O) groups excluding carboxylic acids is 1. The number of hydrogen-bond acceptors (Lipinski definition) is 3. The molecule has 116 valence electrons. The largest absolute Gasteiger partial charge is 0.494 e. The van der Waals surface area contributed by atoms with E-state index in [2.05, 4.69) is 5.32 Å². The molecule has 1 aromatic carbocycles. The van der Waals surface area contributed by atoms with Crippen LogP contribution in [0.25, 0.3) is 0 Å². The summed E-state index contributed by atoms with van der Waals surface area (Å²) in [6.45, 7) is 7.88. The van der Waals surface area contributed by atoms with Gasteiger partial charge in [0.1, 0.15) is 11.8 Å². The third-order valence-electron chi connectivity index (χ3n) is 2.96. The Kier molecular flexibility index (Phi) is 5.76. The molecule has 0 unspecified atom stereocenters. The Bertz CT molecular complexity index is 505. The molecule has 5 heteroatoms. The molecule has 0 aliphatic carbocycles. The molecule has 0 radical (unpaired) electrons. The normalized spacial score (nSPS) is 12.6. The zero-order chi connectivity index (χ0) is 16.0. The molecule has 0 saturated heterocycles. The quantitative estimate of drug-likeness (QED) is 0.845. The first kappa shape index (κ1) is 17.0. The van der Waals surface area contributed by atoms with E-state index in [0.29, 0.717) is 17.9 Å². The Labute approximate surface area is 125 Å². The van der Waals surface area contributed by atoms with Gasteiger partial charge < -0.3 is 15.2 Å². The Balaban J connectivity index is 2.85. The molecule has 0 aromatic heterocycles. The van der Waals surface area contributed by atoms with Gasteiger partial charge in [-0.15, -0.1) is 0 Å². The lowest BCUT2D eigenvalue weighted by Gasteiger charge is -2.27. The van der Waals surface area contributed by atoms with E-state index in [-0.39, 0.29) is 0 Å². The van der Waals surface area contributed by atoms with Gasteiger partial charge in [0.15, 0.2) is 0 Å². The number of nitrogens with one attached hydrogen (secondary N) is 1. The highest BCUT2D eigenvalue weighted by Gasteiger charge is 2.32. The van der Waals surface area contributed by atoms with Crippen LogP contribution in [0.2, 0.25) is 0 Å². The van der Waals surface area contributed by atoms with Crippen LogP contribution in [0, 0.1) is 5.41 Å². The van der Waals surface area contributed by atoms with E-state index >= 15 is 0 Å². The number of carbonyl (C=O) groups is 2. The molecule has 0 aliphatic rings. The predicted octanol–water partition coefficient (Wildman–Crippen LogP) is 2.70. The van der Waals surface area contributed by atoms with Crippen LogP contribution in [-0.4, -0.2) is 29.6 Å². The highest BCUT2D eigenvalue weighted by Crippen LogP contribution is 2.20. The summed E-state index contributed by atoms with van der Waals surface area (Å²) in [4.78, 5) is 23.5. The average Bonchev–Trinajstić information content (AvgIpc) is 2.40. The topological polar surface area (TPSA) is 75.6 Å². The van der Waals surface area contributed by atoms with Crippen molar-refractivity contribution in [3.05, 3.63) is 29.8 Å². The van der Waals surface area contributed by atoms with Crippen molar-refractivity contribution in [3.8, 4) is 5.75 Å². The maximum atomic E-state index is 12.2. The van der Waals surface area contributed by atoms with E-state index in [1.165, 1.54) is 0 Å². The molecule has 21 heavy (non-hydrogen) atoms. The third kappa shape index (κ3) is 5.10. The minimum Gasteiger partial charge on any atom is -0.494 e. The molecule has 0 fully saturated rings. The average molecular weight is 293 g/mol. The monoisotopic (exact) mass is 293 g/mol. The van der Waals surface area contributed by atoms with Gasteiger partial charge in [0.05, 0.1) is 6.61 Å². The Morgan fingerprint density at radius 3 is 2.52 bits per heavy atom. The summed E-state index contributed by atoms with van der Waals surface area (Å²) in [7, 11) is 0. The molecule has 1 aromatic rings. The number of carboxylic acid groups (broad SMARTS) is 1. The Morgan fingerprint density at radius 2 is 2.00 bits per heavy atom. The first-order chi connectivity index (χ1) is 9.75. The predicted molar refractivity (Wildman–Crippen MR) is 80.6 cm³/mol. The van der Waals surface area contributed by atoms with Crippen molar-refractivity contribution >= 4 is 11.9 Å². The van der Waals surface area contributed by atoms with E-state index in [0.717, 1.165) is 6.42 Å². The lowest BCUT2D eigenvalue weighted by Crippen LogP contribution is -2.49. The minimum atomic E-state index is -1.05. The SMILES string of the molecule is CCCOc1cccc(C(=O)N[C@@H](C(=O)O)C(C)(C)C)c1. The number of benzene rings is 1. The molecule has 0 heterocycles. The molecule has 1 rings (SSSR count). The number of hydrogen-bond donors (Lipinski definition) is 2. The lowest BCUT2D eigenvalue weighted by molar-refractivity contribution is -0.142. The summed E-state index contributed by atoms with van der Waals surface area (Å²) in [5.41, 5.74) is -0.184. The number of amides is 1. The highest BCUT2D eigenvalue weighted by atomic mass is 16.5. The van der Waals surface area contributed by atoms with Crippen molar-refractivity contribution in [2.24, 2.45) is 5.41 Å². The van der Waals surface area contributed by atoms with Gasteiger partial charge in [-0.2, -0.15) is 0 Å². The van der Waals surface area contributed by atoms with Crippen molar-refractivity contribution in [2.45, 2.75) is 40.2 Å². The fourth-order valence-corrected chi connectivity index (χ4v) is 1.81. The van der Waals surface area contributed by atoms with E-state index in [4.69, 9.17) is 4.74 Å². The first-order valence-electron chi connectivity index (χ1n) is 7.02. The van der Waals surface area contributed by atoms with Crippen LogP contribution >= 0.6 is 0 Å². The van der Waals surface area contributed by atoms with Gasteiger partial charge in [0.2, 0.25) is 0 Å². The fourth-order valence-electron chi connectivity index (χ4n) is 1.81. The Hall–Kier alpha value is -2.04. The zero-order valence-electron chi connectivity index (χ0n) is 13.0. The number of carboxylic acids is 1. The van der Waals surface area contributed by atoms with Gasteiger partial charge in [0, 0.05) is 5.56 Å². The van der Waals surface area contributed by atoms with Gasteiger partial charge in [-0.3, -0.25) is 4.79 Å². The van der Waals surface area contributed by atoms with Gasteiger partial charge >= 0.3 is 5.97 Å². The van der Waals surface area contributed by atoms with Crippen molar-refractivity contribution < 1.29 is 19.4 Å². The van der Waals surface area contributed by atoms with Crippen LogP contribution in [-0.2, 0) is 4.79 Å². The van der Waals surface area contributed by atoms with Crippen LogP contribution in [0.4, 0.5) is 0 Å². The highest BCUT2D eigenvalue weighted by molar-refractivity contribution is 5.97. The lowest BCUT2D eigenvalue weighted by atomic mass is 9.86. The van der Waals surface area contributed by atoms with Gasteiger partial charge in [-0.1, -0.05) is 33.8 Å². The molecule has 0 aliphatic heterocycles. The van der Waals surface area contributed by atoms with Crippen LogP contribution in [0.3, 0.4) is 0 Å². The first-order valence-corrected chi connectivity index (χ1v) is 7.02. The standard InChI is InChI=1S/C16H23NO4/c1-5-9-21-12-8-6-7-11(10-12)14(18)17-13(15(19)20)16(2,3)4/h6-8,10,13H,5,9H2,1-4H3,(H,17,18)(H,19,20)/t13-/m0/s1. The maximum absolute atomic E-state index is 12.2. The van der Waals surface area contributed by atoms with Gasteiger partial charge in [-0.05, 0) is 30.0 Å². The zero-order valence-corrected chi connectivity index (χ0v) is 13.0. The molecule has 5 nitrogen and oxygen atoms in total. The Morgan fingerprint density at radius 1 is 1.33 bits per heavy atom. The second kappa shape index (κ2) is 7.11. The minimum absolute atomic E-state index is 0.388. The van der Waals surface area contributed by atoms with Crippen LogP contribution in [0.15, 0.2) is 24.3 Å². The van der Waals surface area contributed by atoms with Crippen LogP contribution < -0.4 is 10.1 Å². The van der Waals surface area contributed by atoms with E-state index < -0.39 is 23.3 Å². The molecule has 0 spiro atoms. The van der Waals surface area contributed by atoms with Crippen LogP contribution in [0.1, 0.15) is 44.5 Å². The van der Waals surface area contributed by atoms with E-state index in [1.807, 2.05) is 6.92 Å². The van der Waals surface area contributed by atoms with Crippen molar-refractivity contribution in [1.82, 2.24) is 5.32 Å². The van der Waals surface area contributed by atoms with E-state index in [1.54, 1.807) is 45.0 Å². The number of rotatable bonds is 6. The van der Waals surface area contributed by atoms with Crippen molar-refractivity contribution in [3.63, 3.8) is 0 Å². The smallest absolute Gasteiger partial charge is 0.326 e. The summed E-state index contributed by atoms with van der Waals surface area (Å²) in [5, 5.41) is 11.8. The third-order valence-corrected chi connectivity index (χ3v) is 2.96. The molecular weight excluding hydrogens is 270 g/mol. The molecule has 1 atom stereocenters. The fraction of sp³-hybridized carbons (Fsp3) is 0.500.